The predicted octanol–water partition coefficient (Wildman–Crippen LogP) is 3.70. The van der Waals surface area contributed by atoms with E-state index in [9.17, 15) is 0 Å². The molecule has 2 aromatic rings. The summed E-state index contributed by atoms with van der Waals surface area (Å²) in [6.45, 7) is 6.24. The van der Waals surface area contributed by atoms with Gasteiger partial charge in [-0.25, -0.2) is 0 Å². The van der Waals surface area contributed by atoms with E-state index in [1.54, 1.807) is 0 Å². The Kier molecular flexibility index (Phi) is 3.08. The first-order valence-electron chi connectivity index (χ1n) is 5.92. The van der Waals surface area contributed by atoms with Gasteiger partial charge in [-0.05, 0) is 53.9 Å². The van der Waals surface area contributed by atoms with Gasteiger partial charge in [0, 0.05) is 22.4 Å². The fourth-order valence-electron chi connectivity index (χ4n) is 2.38. The van der Waals surface area contributed by atoms with E-state index in [0.29, 0.717) is 0 Å². The van der Waals surface area contributed by atoms with Crippen LogP contribution in [0, 0.1) is 0 Å². The molecule has 0 bridgehead atoms. The fraction of sp³-hybridized carbons (Fsp3) is 0.429. The van der Waals surface area contributed by atoms with Gasteiger partial charge in [0.2, 0.25) is 0 Å². The van der Waals surface area contributed by atoms with Crippen molar-refractivity contribution in [3.8, 4) is 0 Å². The number of nitrogens with zero attached hydrogens (tertiary/aromatic N) is 1. The van der Waals surface area contributed by atoms with E-state index in [2.05, 4.69) is 52.7 Å². The van der Waals surface area contributed by atoms with E-state index < -0.39 is 0 Å². The number of hydrogen-bond acceptors (Lipinski definition) is 1. The van der Waals surface area contributed by atoms with E-state index in [1.165, 1.54) is 16.5 Å². The molecule has 0 radical (unpaired) electrons. The minimum atomic E-state index is -0.348. The lowest BCUT2D eigenvalue weighted by Crippen LogP contribution is -2.31. The van der Waals surface area contributed by atoms with Crippen molar-refractivity contribution in [3.05, 3.63) is 33.9 Å². The molecular formula is C14H19BrN2. The summed E-state index contributed by atoms with van der Waals surface area (Å²) in [5.41, 5.74) is 9.61. The van der Waals surface area contributed by atoms with Crippen LogP contribution in [0.15, 0.2) is 22.7 Å². The summed E-state index contributed by atoms with van der Waals surface area (Å²) in [6.07, 6.45) is 1.05. The number of rotatable bonds is 2. The van der Waals surface area contributed by atoms with Crippen LogP contribution in [0.2, 0.25) is 0 Å². The van der Waals surface area contributed by atoms with Crippen molar-refractivity contribution < 1.29 is 0 Å². The second-order valence-corrected chi connectivity index (χ2v) is 5.94. The SMILES string of the molecule is CCc1ccc2c(c1)c(Br)c(C(C)(C)N)n2C. The van der Waals surface area contributed by atoms with Crippen LogP contribution in [-0.2, 0) is 19.0 Å². The van der Waals surface area contributed by atoms with Crippen molar-refractivity contribution in [3.63, 3.8) is 0 Å². The average molecular weight is 295 g/mol. The number of nitrogens with two attached hydrogens (primary N) is 1. The highest BCUT2D eigenvalue weighted by Crippen LogP contribution is 2.35. The Hall–Kier alpha value is -0.800. The van der Waals surface area contributed by atoms with Gasteiger partial charge in [0.05, 0.1) is 11.2 Å². The Morgan fingerprint density at radius 1 is 1.35 bits per heavy atom. The molecule has 0 atom stereocenters. The molecule has 1 aromatic heterocycles. The molecule has 1 heterocycles. The predicted molar refractivity (Wildman–Crippen MR) is 77.2 cm³/mol. The minimum absolute atomic E-state index is 0.348. The number of benzene rings is 1. The van der Waals surface area contributed by atoms with E-state index in [1.807, 2.05) is 13.8 Å². The van der Waals surface area contributed by atoms with E-state index >= 15 is 0 Å². The maximum absolute atomic E-state index is 6.24. The Morgan fingerprint density at radius 3 is 2.53 bits per heavy atom. The number of aryl methyl sites for hydroxylation is 2. The molecule has 1 aromatic carbocycles. The van der Waals surface area contributed by atoms with Gasteiger partial charge in [-0.1, -0.05) is 13.0 Å². The standard InChI is InChI=1S/C14H19BrN2/c1-5-9-6-7-11-10(8-9)12(15)13(17(11)4)14(2,3)16/h6-8H,5,16H2,1-4H3. The molecule has 0 spiro atoms. The number of halogens is 1. The van der Waals surface area contributed by atoms with Crippen molar-refractivity contribution in [1.82, 2.24) is 4.57 Å². The topological polar surface area (TPSA) is 30.9 Å². The highest BCUT2D eigenvalue weighted by Gasteiger charge is 2.24. The lowest BCUT2D eigenvalue weighted by Gasteiger charge is -2.20. The van der Waals surface area contributed by atoms with Gasteiger partial charge in [0.25, 0.3) is 0 Å². The molecule has 0 saturated heterocycles. The van der Waals surface area contributed by atoms with Crippen molar-refractivity contribution >= 4 is 26.8 Å². The zero-order valence-corrected chi connectivity index (χ0v) is 12.4. The summed E-state index contributed by atoms with van der Waals surface area (Å²) in [4.78, 5) is 0. The van der Waals surface area contributed by atoms with Crippen molar-refractivity contribution in [1.29, 1.82) is 0 Å². The molecule has 0 aliphatic carbocycles. The van der Waals surface area contributed by atoms with Crippen molar-refractivity contribution in [2.24, 2.45) is 12.8 Å². The van der Waals surface area contributed by atoms with Gasteiger partial charge in [0.1, 0.15) is 0 Å². The van der Waals surface area contributed by atoms with Crippen LogP contribution in [0.1, 0.15) is 32.0 Å². The molecule has 3 heteroatoms. The van der Waals surface area contributed by atoms with Crippen LogP contribution in [0.5, 0.6) is 0 Å². The first kappa shape index (κ1) is 12.7. The normalized spacial score (nSPS) is 12.4. The fourth-order valence-corrected chi connectivity index (χ4v) is 3.48. The van der Waals surface area contributed by atoms with Crippen LogP contribution in [0.4, 0.5) is 0 Å². The number of aromatic nitrogens is 1. The third kappa shape index (κ3) is 2.02. The second-order valence-electron chi connectivity index (χ2n) is 5.15. The van der Waals surface area contributed by atoms with E-state index in [-0.39, 0.29) is 5.54 Å². The minimum Gasteiger partial charge on any atom is -0.345 e. The summed E-state index contributed by atoms with van der Waals surface area (Å²) < 4.78 is 3.30. The maximum Gasteiger partial charge on any atom is 0.0523 e. The van der Waals surface area contributed by atoms with Crippen LogP contribution < -0.4 is 5.73 Å². The molecule has 0 aliphatic rings. The molecule has 0 unspecified atom stereocenters. The molecule has 2 nitrogen and oxygen atoms in total. The Labute approximate surface area is 111 Å². The van der Waals surface area contributed by atoms with E-state index in [0.717, 1.165) is 16.6 Å². The molecule has 2 rings (SSSR count). The van der Waals surface area contributed by atoms with Gasteiger partial charge in [-0.3, -0.25) is 0 Å². The second kappa shape index (κ2) is 4.14. The first-order valence-corrected chi connectivity index (χ1v) is 6.71. The summed E-state index contributed by atoms with van der Waals surface area (Å²) in [7, 11) is 2.07. The average Bonchev–Trinajstić information content (AvgIpc) is 2.50. The zero-order chi connectivity index (χ0) is 12.8. The Balaban J connectivity index is 2.81. The summed E-state index contributed by atoms with van der Waals surface area (Å²) in [5, 5.41) is 1.25. The Morgan fingerprint density at radius 2 is 2.00 bits per heavy atom. The Bertz CT molecular complexity index is 562. The largest absolute Gasteiger partial charge is 0.345 e. The van der Waals surface area contributed by atoms with Crippen molar-refractivity contribution in [2.75, 3.05) is 0 Å². The van der Waals surface area contributed by atoms with Gasteiger partial charge in [-0.15, -0.1) is 0 Å². The summed E-state index contributed by atoms with van der Waals surface area (Å²) >= 11 is 3.70. The van der Waals surface area contributed by atoms with Crippen LogP contribution >= 0.6 is 15.9 Å². The molecule has 0 saturated carbocycles. The number of fused-ring (bicyclic) bond motifs is 1. The van der Waals surface area contributed by atoms with Gasteiger partial charge in [0.15, 0.2) is 0 Å². The molecule has 2 N–H and O–H groups in total. The quantitative estimate of drug-likeness (QED) is 0.900. The molecule has 0 amide bonds. The lowest BCUT2D eigenvalue weighted by molar-refractivity contribution is 0.513. The maximum atomic E-state index is 6.24. The monoisotopic (exact) mass is 294 g/mol. The molecule has 0 aliphatic heterocycles. The van der Waals surface area contributed by atoms with Crippen LogP contribution in [0.3, 0.4) is 0 Å². The first-order chi connectivity index (χ1) is 7.86. The third-order valence-corrected chi connectivity index (χ3v) is 4.02. The molecule has 92 valence electrons. The van der Waals surface area contributed by atoms with Crippen LogP contribution in [0.25, 0.3) is 10.9 Å². The third-order valence-electron chi connectivity index (χ3n) is 3.22. The number of hydrogen-bond donors (Lipinski definition) is 1. The van der Waals surface area contributed by atoms with Gasteiger partial charge < -0.3 is 10.3 Å². The van der Waals surface area contributed by atoms with Gasteiger partial charge in [-0.2, -0.15) is 0 Å². The smallest absolute Gasteiger partial charge is 0.0523 e. The molecule has 0 fully saturated rings. The van der Waals surface area contributed by atoms with Crippen molar-refractivity contribution in [2.45, 2.75) is 32.7 Å². The van der Waals surface area contributed by atoms with E-state index in [4.69, 9.17) is 5.73 Å². The lowest BCUT2D eigenvalue weighted by atomic mass is 10.0. The molecule has 17 heavy (non-hydrogen) atoms. The van der Waals surface area contributed by atoms with Gasteiger partial charge >= 0.3 is 0 Å². The summed E-state index contributed by atoms with van der Waals surface area (Å²) in [5.74, 6) is 0. The summed E-state index contributed by atoms with van der Waals surface area (Å²) in [6, 6.07) is 6.60. The van der Waals surface area contributed by atoms with Crippen LogP contribution in [-0.4, -0.2) is 4.57 Å². The highest BCUT2D eigenvalue weighted by atomic mass is 79.9. The highest BCUT2D eigenvalue weighted by molar-refractivity contribution is 9.10. The molecular weight excluding hydrogens is 276 g/mol. The zero-order valence-electron chi connectivity index (χ0n) is 10.8.